The Balaban J connectivity index is 1.66. The lowest BCUT2D eigenvalue weighted by molar-refractivity contribution is 0.0949. The Morgan fingerprint density at radius 3 is 2.08 bits per heavy atom. The summed E-state index contributed by atoms with van der Waals surface area (Å²) in [4.78, 5) is 30.3. The van der Waals surface area contributed by atoms with Crippen molar-refractivity contribution in [2.45, 2.75) is 45.2 Å². The molecule has 202 valence electrons. The summed E-state index contributed by atoms with van der Waals surface area (Å²) in [5, 5.41) is 4.31. The van der Waals surface area contributed by atoms with Gasteiger partial charge in [-0.25, -0.2) is 4.39 Å². The monoisotopic (exact) mass is 542 g/mol. The summed E-state index contributed by atoms with van der Waals surface area (Å²) < 4.78 is 19.0. The number of hydrogen-bond donors (Lipinski definition) is 2. The summed E-state index contributed by atoms with van der Waals surface area (Å²) in [5.74, 6) is -0.0293. The highest BCUT2D eigenvalue weighted by atomic mass is 28.4. The van der Waals surface area contributed by atoms with Crippen LogP contribution >= 0.6 is 0 Å². The lowest BCUT2D eigenvalue weighted by atomic mass is 9.97. The van der Waals surface area contributed by atoms with Crippen LogP contribution in [-0.4, -0.2) is 31.1 Å². The molecule has 0 aliphatic rings. The van der Waals surface area contributed by atoms with Gasteiger partial charge in [-0.1, -0.05) is 86.6 Å². The zero-order chi connectivity index (χ0) is 28.0. The molecule has 0 atom stereocenters. The number of halogens is 1. The van der Waals surface area contributed by atoms with Gasteiger partial charge < -0.3 is 14.8 Å². The van der Waals surface area contributed by atoms with Crippen LogP contribution in [-0.2, 0) is 13.0 Å². The van der Waals surface area contributed by atoms with Crippen molar-refractivity contribution in [3.05, 3.63) is 119 Å². The number of methoxy groups -OCH3 is 1. The molecule has 0 spiro atoms. The van der Waals surface area contributed by atoms with Crippen LogP contribution in [0.5, 0.6) is 5.75 Å². The van der Waals surface area contributed by atoms with Crippen LogP contribution in [0.4, 0.5) is 4.39 Å². The zero-order valence-corrected chi connectivity index (χ0v) is 23.9. The van der Waals surface area contributed by atoms with Gasteiger partial charge in [0.1, 0.15) is 11.6 Å². The molecule has 0 saturated heterocycles. The number of carbonyl (C=O) groups is 1. The molecule has 1 aromatic heterocycles. The van der Waals surface area contributed by atoms with Crippen molar-refractivity contribution in [2.75, 3.05) is 7.11 Å². The van der Waals surface area contributed by atoms with Crippen molar-refractivity contribution in [1.82, 2.24) is 10.3 Å². The van der Waals surface area contributed by atoms with E-state index in [1.807, 2.05) is 67.6 Å². The number of benzene rings is 3. The van der Waals surface area contributed by atoms with Crippen molar-refractivity contribution in [3.63, 3.8) is 0 Å². The average Bonchev–Trinajstić information content (AvgIpc) is 2.96. The van der Waals surface area contributed by atoms with Gasteiger partial charge in [-0.2, -0.15) is 0 Å². The van der Waals surface area contributed by atoms with Crippen LogP contribution in [0, 0.1) is 12.7 Å². The highest BCUT2D eigenvalue weighted by Crippen LogP contribution is 2.41. The molecule has 1 amide bonds. The van der Waals surface area contributed by atoms with E-state index in [0.29, 0.717) is 29.8 Å². The van der Waals surface area contributed by atoms with Crippen molar-refractivity contribution < 1.29 is 18.7 Å². The topological polar surface area (TPSA) is 71.5 Å². The SMILES string of the molecule is COc1c(C)ncc(C(=O)NCc2ccc(F)cc2)c1CCC(C)(C)[Si](O)(c1ccccc1)c1ccccc1. The third kappa shape index (κ3) is 5.94. The fourth-order valence-corrected chi connectivity index (χ4v) is 8.89. The minimum atomic E-state index is -3.22. The highest BCUT2D eigenvalue weighted by molar-refractivity contribution is 6.98. The standard InChI is InChI=1S/C32H35FN2O3Si/c1-23-30(38-4)28(29(22-34-23)31(36)35-21-24-15-17-25(33)18-16-24)19-20-32(2,3)39(37,26-11-7-5-8-12-26)27-13-9-6-10-14-27/h5-18,22,37H,19-21H2,1-4H3,(H,35,36). The van der Waals surface area contributed by atoms with Gasteiger partial charge in [0, 0.05) is 18.3 Å². The minimum Gasteiger partial charge on any atom is -0.495 e. The van der Waals surface area contributed by atoms with Crippen molar-refractivity contribution in [1.29, 1.82) is 0 Å². The predicted molar refractivity (Wildman–Crippen MR) is 156 cm³/mol. The van der Waals surface area contributed by atoms with Crippen LogP contribution in [0.3, 0.4) is 0 Å². The Kier molecular flexibility index (Phi) is 8.62. The lowest BCUT2D eigenvalue weighted by Crippen LogP contribution is -2.65. The molecule has 7 heteroatoms. The molecule has 39 heavy (non-hydrogen) atoms. The number of amides is 1. The van der Waals surface area contributed by atoms with Gasteiger partial charge in [-0.3, -0.25) is 9.78 Å². The van der Waals surface area contributed by atoms with E-state index in [1.54, 1.807) is 25.4 Å². The number of hydrogen-bond acceptors (Lipinski definition) is 4. The van der Waals surface area contributed by atoms with Crippen molar-refractivity contribution in [2.24, 2.45) is 0 Å². The normalized spacial score (nSPS) is 11.7. The number of nitrogens with zero attached hydrogens (tertiary/aromatic N) is 1. The number of ether oxygens (including phenoxy) is 1. The molecular weight excluding hydrogens is 507 g/mol. The van der Waals surface area contributed by atoms with Crippen molar-refractivity contribution >= 4 is 24.6 Å². The Morgan fingerprint density at radius 1 is 0.974 bits per heavy atom. The number of pyridine rings is 1. The molecule has 1 heterocycles. The Morgan fingerprint density at radius 2 is 1.54 bits per heavy atom. The van der Waals surface area contributed by atoms with Gasteiger partial charge in [-0.15, -0.1) is 0 Å². The van der Waals surface area contributed by atoms with E-state index >= 15 is 0 Å². The first-order valence-electron chi connectivity index (χ1n) is 13.1. The first-order chi connectivity index (χ1) is 18.7. The fourth-order valence-electron chi connectivity index (χ4n) is 5.16. The summed E-state index contributed by atoms with van der Waals surface area (Å²) in [5.41, 5.74) is 2.67. The third-order valence-electron chi connectivity index (χ3n) is 7.49. The molecule has 0 unspecified atom stereocenters. The summed E-state index contributed by atoms with van der Waals surface area (Å²) in [6.45, 7) is 6.32. The minimum absolute atomic E-state index is 0.259. The third-order valence-corrected chi connectivity index (χ3v) is 12.0. The van der Waals surface area contributed by atoms with Crippen molar-refractivity contribution in [3.8, 4) is 5.75 Å². The van der Waals surface area contributed by atoms with Gasteiger partial charge in [0.05, 0.1) is 18.4 Å². The Bertz CT molecular complexity index is 1370. The fraction of sp³-hybridized carbons (Fsp3) is 0.250. The number of nitrogens with one attached hydrogen (secondary N) is 1. The number of rotatable bonds is 10. The van der Waals surface area contributed by atoms with Gasteiger partial charge in [0.15, 0.2) is 0 Å². The molecule has 0 fully saturated rings. The molecule has 0 aliphatic heterocycles. The van der Waals surface area contributed by atoms with E-state index in [1.165, 1.54) is 12.1 Å². The molecule has 0 aliphatic carbocycles. The number of carbonyl (C=O) groups excluding carboxylic acids is 1. The Hall–Kier alpha value is -3.81. The van der Waals surface area contributed by atoms with Gasteiger partial charge >= 0.3 is 0 Å². The molecule has 3 aromatic carbocycles. The molecule has 0 saturated carbocycles. The summed E-state index contributed by atoms with van der Waals surface area (Å²) in [6, 6.07) is 25.8. The number of aromatic nitrogens is 1. The molecule has 2 N–H and O–H groups in total. The van der Waals surface area contributed by atoms with Crippen LogP contribution in [0.15, 0.2) is 91.1 Å². The maximum Gasteiger partial charge on any atom is 0.258 e. The van der Waals surface area contributed by atoms with Crippen LogP contribution < -0.4 is 20.4 Å². The smallest absolute Gasteiger partial charge is 0.258 e. The van der Waals surface area contributed by atoms with Gasteiger partial charge in [0.25, 0.3) is 14.2 Å². The first-order valence-corrected chi connectivity index (χ1v) is 15.0. The van der Waals surface area contributed by atoms with Crippen LogP contribution in [0.1, 0.15) is 47.4 Å². The second kappa shape index (κ2) is 11.9. The molecule has 0 radical (unpaired) electrons. The predicted octanol–water partition coefficient (Wildman–Crippen LogP) is 4.93. The van der Waals surface area contributed by atoms with E-state index in [2.05, 4.69) is 24.1 Å². The maximum absolute atomic E-state index is 13.3. The largest absolute Gasteiger partial charge is 0.495 e. The van der Waals surface area contributed by atoms with Gasteiger partial charge in [0.2, 0.25) is 0 Å². The maximum atomic E-state index is 13.3. The van der Waals surface area contributed by atoms with Gasteiger partial charge in [-0.05, 0) is 52.9 Å². The summed E-state index contributed by atoms with van der Waals surface area (Å²) in [7, 11) is -1.64. The Labute approximate surface area is 230 Å². The summed E-state index contributed by atoms with van der Waals surface area (Å²) >= 11 is 0. The van der Waals surface area contributed by atoms with Crippen LogP contribution in [0.25, 0.3) is 0 Å². The highest BCUT2D eigenvalue weighted by Gasteiger charge is 2.49. The van der Waals surface area contributed by atoms with E-state index < -0.39 is 13.4 Å². The average molecular weight is 543 g/mol. The van der Waals surface area contributed by atoms with E-state index in [0.717, 1.165) is 21.5 Å². The quantitative estimate of drug-likeness (QED) is 0.279. The molecule has 4 rings (SSSR count). The second-order valence-corrected chi connectivity index (χ2v) is 14.3. The first kappa shape index (κ1) is 28.2. The summed E-state index contributed by atoms with van der Waals surface area (Å²) in [6.07, 6.45) is 2.70. The lowest BCUT2D eigenvalue weighted by Gasteiger charge is -2.41. The molecular formula is C32H35FN2O3Si. The molecule has 5 nitrogen and oxygen atoms in total. The molecule has 4 aromatic rings. The van der Waals surface area contributed by atoms with Crippen LogP contribution in [0.2, 0.25) is 5.04 Å². The van der Waals surface area contributed by atoms with E-state index in [9.17, 15) is 14.0 Å². The number of aryl methyl sites for hydroxylation is 1. The molecule has 0 bridgehead atoms. The zero-order valence-electron chi connectivity index (χ0n) is 22.9. The van der Waals surface area contributed by atoms with E-state index in [-0.39, 0.29) is 18.3 Å². The second-order valence-electron chi connectivity index (χ2n) is 10.4. The van der Waals surface area contributed by atoms with E-state index in [4.69, 9.17) is 4.74 Å².